The SMILES string of the molecule is CC(C)C(C(=O)O)N1CCC(O)CC1. The lowest BCUT2D eigenvalue weighted by atomic mass is 9.98. The summed E-state index contributed by atoms with van der Waals surface area (Å²) < 4.78 is 0. The van der Waals surface area contributed by atoms with Crippen LogP contribution in [-0.2, 0) is 4.79 Å². The molecule has 2 N–H and O–H groups in total. The molecule has 82 valence electrons. The fourth-order valence-electron chi connectivity index (χ4n) is 2.03. The fraction of sp³-hybridized carbons (Fsp3) is 0.900. The first-order valence-electron chi connectivity index (χ1n) is 5.17. The molecule has 1 rings (SSSR count). The summed E-state index contributed by atoms with van der Waals surface area (Å²) in [5, 5.41) is 18.4. The smallest absolute Gasteiger partial charge is 0.321 e. The Morgan fingerprint density at radius 3 is 2.21 bits per heavy atom. The zero-order valence-corrected chi connectivity index (χ0v) is 8.81. The van der Waals surface area contributed by atoms with E-state index in [2.05, 4.69) is 0 Å². The van der Waals surface area contributed by atoms with Crippen LogP contribution in [0, 0.1) is 5.92 Å². The maximum absolute atomic E-state index is 11.0. The van der Waals surface area contributed by atoms with Gasteiger partial charge in [0.05, 0.1) is 6.10 Å². The molecule has 0 spiro atoms. The summed E-state index contributed by atoms with van der Waals surface area (Å²) in [5.41, 5.74) is 0. The van der Waals surface area contributed by atoms with Gasteiger partial charge in [0.25, 0.3) is 0 Å². The number of aliphatic hydroxyl groups is 1. The maximum atomic E-state index is 11.0. The van der Waals surface area contributed by atoms with Crippen molar-refractivity contribution in [3.8, 4) is 0 Å². The van der Waals surface area contributed by atoms with Gasteiger partial charge in [-0.15, -0.1) is 0 Å². The summed E-state index contributed by atoms with van der Waals surface area (Å²) in [5.74, 6) is -0.640. The Morgan fingerprint density at radius 2 is 1.86 bits per heavy atom. The number of hydrogen-bond donors (Lipinski definition) is 2. The van der Waals surface area contributed by atoms with Gasteiger partial charge in [0.2, 0.25) is 0 Å². The third-order valence-electron chi connectivity index (χ3n) is 2.78. The van der Waals surface area contributed by atoms with Crippen molar-refractivity contribution in [3.05, 3.63) is 0 Å². The van der Waals surface area contributed by atoms with Crippen molar-refractivity contribution in [2.75, 3.05) is 13.1 Å². The molecule has 0 aliphatic carbocycles. The number of hydrogen-bond acceptors (Lipinski definition) is 3. The number of carboxylic acid groups (broad SMARTS) is 1. The summed E-state index contributed by atoms with van der Waals surface area (Å²) in [6, 6.07) is -0.400. The fourth-order valence-corrected chi connectivity index (χ4v) is 2.03. The van der Waals surface area contributed by atoms with Crippen LogP contribution in [0.1, 0.15) is 26.7 Å². The van der Waals surface area contributed by atoms with Gasteiger partial charge in [-0.05, 0) is 18.8 Å². The number of piperidine rings is 1. The summed E-state index contributed by atoms with van der Waals surface area (Å²) >= 11 is 0. The average Bonchev–Trinajstić information content (AvgIpc) is 2.07. The molecule has 0 radical (unpaired) electrons. The van der Waals surface area contributed by atoms with Gasteiger partial charge < -0.3 is 10.2 Å². The van der Waals surface area contributed by atoms with Gasteiger partial charge in [-0.1, -0.05) is 13.8 Å². The molecule has 1 heterocycles. The van der Waals surface area contributed by atoms with Gasteiger partial charge in [0.1, 0.15) is 6.04 Å². The Balaban J connectivity index is 2.56. The van der Waals surface area contributed by atoms with Crippen LogP contribution in [0.3, 0.4) is 0 Å². The van der Waals surface area contributed by atoms with Crippen molar-refractivity contribution in [2.24, 2.45) is 5.92 Å². The van der Waals surface area contributed by atoms with Crippen LogP contribution in [0.15, 0.2) is 0 Å². The van der Waals surface area contributed by atoms with Crippen molar-refractivity contribution in [1.82, 2.24) is 4.90 Å². The molecule has 14 heavy (non-hydrogen) atoms. The first-order valence-corrected chi connectivity index (χ1v) is 5.17. The lowest BCUT2D eigenvalue weighted by Crippen LogP contribution is -2.49. The average molecular weight is 201 g/mol. The van der Waals surface area contributed by atoms with Crippen molar-refractivity contribution in [2.45, 2.75) is 38.8 Å². The summed E-state index contributed by atoms with van der Waals surface area (Å²) in [7, 11) is 0. The minimum Gasteiger partial charge on any atom is -0.480 e. The molecule has 1 aliphatic rings. The van der Waals surface area contributed by atoms with E-state index >= 15 is 0 Å². The zero-order valence-electron chi connectivity index (χ0n) is 8.81. The monoisotopic (exact) mass is 201 g/mol. The first kappa shape index (κ1) is 11.5. The Morgan fingerprint density at radius 1 is 1.36 bits per heavy atom. The standard InChI is InChI=1S/C10H19NO3/c1-7(2)9(10(13)14)11-5-3-8(12)4-6-11/h7-9,12H,3-6H2,1-2H3,(H,13,14). The highest BCUT2D eigenvalue weighted by Crippen LogP contribution is 2.17. The molecule has 0 aromatic heterocycles. The van der Waals surface area contributed by atoms with Crippen LogP contribution in [0.5, 0.6) is 0 Å². The minimum atomic E-state index is -0.753. The topological polar surface area (TPSA) is 60.8 Å². The summed E-state index contributed by atoms with van der Waals surface area (Å²) in [4.78, 5) is 13.0. The van der Waals surface area contributed by atoms with Crippen molar-refractivity contribution < 1.29 is 15.0 Å². The molecule has 0 bridgehead atoms. The largest absolute Gasteiger partial charge is 0.480 e. The first-order chi connectivity index (χ1) is 6.52. The summed E-state index contributed by atoms with van der Waals surface area (Å²) in [6.07, 6.45) is 1.14. The number of rotatable bonds is 3. The van der Waals surface area contributed by atoms with E-state index in [1.165, 1.54) is 0 Å². The third kappa shape index (κ3) is 2.69. The molecular weight excluding hydrogens is 182 g/mol. The van der Waals surface area contributed by atoms with Crippen molar-refractivity contribution in [3.63, 3.8) is 0 Å². The molecular formula is C10H19NO3. The third-order valence-corrected chi connectivity index (χ3v) is 2.78. The van der Waals surface area contributed by atoms with E-state index in [1.807, 2.05) is 18.7 Å². The molecule has 4 nitrogen and oxygen atoms in total. The highest BCUT2D eigenvalue weighted by molar-refractivity contribution is 5.73. The van der Waals surface area contributed by atoms with E-state index in [9.17, 15) is 9.90 Å². The molecule has 0 saturated carbocycles. The zero-order chi connectivity index (χ0) is 10.7. The predicted molar refractivity (Wildman–Crippen MR) is 53.1 cm³/mol. The van der Waals surface area contributed by atoms with Crippen LogP contribution in [0.2, 0.25) is 0 Å². The molecule has 1 aliphatic heterocycles. The van der Waals surface area contributed by atoms with Gasteiger partial charge in [-0.3, -0.25) is 9.69 Å². The highest BCUT2D eigenvalue weighted by Gasteiger charge is 2.31. The molecule has 1 atom stereocenters. The lowest BCUT2D eigenvalue weighted by molar-refractivity contribution is -0.146. The van der Waals surface area contributed by atoms with E-state index in [4.69, 9.17) is 5.11 Å². The Kier molecular flexibility index (Phi) is 3.89. The Labute approximate surface area is 84.5 Å². The molecule has 4 heteroatoms. The molecule has 1 saturated heterocycles. The predicted octanol–water partition coefficient (Wildman–Crippen LogP) is 0.552. The molecule has 0 aromatic rings. The van der Waals surface area contributed by atoms with Crippen molar-refractivity contribution >= 4 is 5.97 Å². The molecule has 1 fully saturated rings. The molecule has 0 aromatic carbocycles. The number of nitrogens with zero attached hydrogens (tertiary/aromatic N) is 1. The van der Waals surface area contributed by atoms with Gasteiger partial charge >= 0.3 is 5.97 Å². The number of carbonyl (C=O) groups is 1. The van der Waals surface area contributed by atoms with E-state index in [1.54, 1.807) is 0 Å². The lowest BCUT2D eigenvalue weighted by Gasteiger charge is -2.35. The normalized spacial score (nSPS) is 22.6. The second kappa shape index (κ2) is 4.75. The van der Waals surface area contributed by atoms with E-state index in [0.717, 1.165) is 0 Å². The van der Waals surface area contributed by atoms with Crippen LogP contribution in [-0.4, -0.2) is 46.3 Å². The van der Waals surface area contributed by atoms with Gasteiger partial charge in [0.15, 0.2) is 0 Å². The van der Waals surface area contributed by atoms with Gasteiger partial charge in [0, 0.05) is 13.1 Å². The second-order valence-electron chi connectivity index (χ2n) is 4.29. The van der Waals surface area contributed by atoms with Crippen LogP contribution >= 0.6 is 0 Å². The number of aliphatic carboxylic acids is 1. The number of carboxylic acids is 1. The molecule has 1 unspecified atom stereocenters. The Bertz CT molecular complexity index is 198. The van der Waals surface area contributed by atoms with Gasteiger partial charge in [-0.25, -0.2) is 0 Å². The second-order valence-corrected chi connectivity index (χ2v) is 4.29. The molecule has 0 amide bonds. The van der Waals surface area contributed by atoms with Crippen LogP contribution in [0.25, 0.3) is 0 Å². The maximum Gasteiger partial charge on any atom is 0.321 e. The van der Waals surface area contributed by atoms with Crippen molar-refractivity contribution in [1.29, 1.82) is 0 Å². The van der Waals surface area contributed by atoms with Crippen LogP contribution in [0.4, 0.5) is 0 Å². The number of aliphatic hydroxyl groups excluding tert-OH is 1. The Hall–Kier alpha value is -0.610. The number of likely N-dealkylation sites (tertiary alicyclic amines) is 1. The van der Waals surface area contributed by atoms with Gasteiger partial charge in [-0.2, -0.15) is 0 Å². The quantitative estimate of drug-likeness (QED) is 0.700. The van der Waals surface area contributed by atoms with E-state index < -0.39 is 12.0 Å². The van der Waals surface area contributed by atoms with E-state index in [-0.39, 0.29) is 12.0 Å². The highest BCUT2D eigenvalue weighted by atomic mass is 16.4. The van der Waals surface area contributed by atoms with Crippen LogP contribution < -0.4 is 0 Å². The summed E-state index contributed by atoms with van der Waals surface area (Å²) in [6.45, 7) is 5.22. The minimum absolute atomic E-state index is 0.114. The van der Waals surface area contributed by atoms with E-state index in [0.29, 0.717) is 25.9 Å².